The number of hydrogen-bond acceptors (Lipinski definition) is 4. The van der Waals surface area contributed by atoms with Crippen LogP contribution in [0.1, 0.15) is 26.5 Å². The predicted octanol–water partition coefficient (Wildman–Crippen LogP) is 2.32. The van der Waals surface area contributed by atoms with E-state index in [4.69, 9.17) is 4.98 Å². The quantitative estimate of drug-likeness (QED) is 0.754. The Balaban J connectivity index is 1.93. The summed E-state index contributed by atoms with van der Waals surface area (Å²) in [7, 11) is 0. The minimum absolute atomic E-state index is 0.000717. The van der Waals surface area contributed by atoms with Gasteiger partial charge in [0.2, 0.25) is 0 Å². The number of amides is 1. The topological polar surface area (TPSA) is 56.3 Å². The molecule has 24 heavy (non-hydrogen) atoms. The maximum atomic E-state index is 11.9. The van der Waals surface area contributed by atoms with Gasteiger partial charge in [-0.3, -0.25) is 9.47 Å². The maximum absolute atomic E-state index is 11.9. The van der Waals surface area contributed by atoms with Crippen LogP contribution in [0.4, 0.5) is 10.5 Å². The molecule has 2 heterocycles. The van der Waals surface area contributed by atoms with Crippen molar-refractivity contribution >= 4 is 22.7 Å². The number of rotatable bonds is 1. The molecule has 1 aliphatic rings. The molecule has 1 amide bonds. The van der Waals surface area contributed by atoms with Crippen LogP contribution in [0.3, 0.4) is 0 Å². The molecular weight excluding hydrogens is 302 g/mol. The van der Waals surface area contributed by atoms with E-state index in [0.717, 1.165) is 22.3 Å². The second-order valence-corrected chi connectivity index (χ2v) is 7.64. The van der Waals surface area contributed by atoms with Gasteiger partial charge in [-0.15, -0.1) is 0 Å². The summed E-state index contributed by atoms with van der Waals surface area (Å²) in [6.07, 6.45) is -0.978. The van der Waals surface area contributed by atoms with Crippen LogP contribution in [0.2, 0.25) is 0 Å². The number of hydrogen-bond donors (Lipinski definition) is 0. The van der Waals surface area contributed by atoms with E-state index in [1.165, 1.54) is 0 Å². The number of carbonyl (C=O) groups is 1. The van der Waals surface area contributed by atoms with Gasteiger partial charge in [-0.05, 0) is 39.8 Å². The minimum atomic E-state index is -0.978. The number of benzene rings is 1. The molecule has 3 rings (SSSR count). The van der Waals surface area contributed by atoms with E-state index in [9.17, 15) is 9.90 Å². The third-order valence-electron chi connectivity index (χ3n) is 5.32. The maximum Gasteiger partial charge on any atom is 0.257 e. The fourth-order valence-electron chi connectivity index (χ4n) is 3.66. The third kappa shape index (κ3) is 2.63. The van der Waals surface area contributed by atoms with Crippen LogP contribution >= 0.6 is 0 Å². The van der Waals surface area contributed by atoms with Crippen molar-refractivity contribution in [3.8, 4) is 0 Å². The van der Waals surface area contributed by atoms with Crippen LogP contribution in [0.15, 0.2) is 30.3 Å². The fourth-order valence-corrected chi connectivity index (χ4v) is 3.66. The molecule has 0 saturated carbocycles. The highest BCUT2D eigenvalue weighted by atomic mass is 16.4. The molecule has 5 nitrogen and oxygen atoms in total. The lowest BCUT2D eigenvalue weighted by Gasteiger charge is -2.52. The molecule has 0 bridgehead atoms. The van der Waals surface area contributed by atoms with Crippen molar-refractivity contribution < 1.29 is 14.4 Å². The van der Waals surface area contributed by atoms with E-state index >= 15 is 0 Å². The Kier molecular flexibility index (Phi) is 4.00. The number of carboxylic acid groups (broad SMARTS) is 1. The van der Waals surface area contributed by atoms with Crippen LogP contribution in [-0.2, 0) is 0 Å². The number of quaternary nitrogens is 1. The van der Waals surface area contributed by atoms with Crippen LogP contribution in [0, 0.1) is 6.92 Å². The zero-order valence-electron chi connectivity index (χ0n) is 14.9. The zero-order valence-corrected chi connectivity index (χ0v) is 14.9. The highest BCUT2D eigenvalue weighted by Crippen LogP contribution is 2.31. The van der Waals surface area contributed by atoms with Gasteiger partial charge < -0.3 is 14.8 Å². The predicted molar refractivity (Wildman–Crippen MR) is 93.8 cm³/mol. The first kappa shape index (κ1) is 16.7. The van der Waals surface area contributed by atoms with Crippen molar-refractivity contribution in [2.45, 2.75) is 33.2 Å². The summed E-state index contributed by atoms with van der Waals surface area (Å²) in [5.74, 6) is 0. The lowest BCUT2D eigenvalue weighted by Crippen LogP contribution is -2.73. The van der Waals surface area contributed by atoms with Gasteiger partial charge in [0.15, 0.2) is 0 Å². The molecule has 2 aromatic rings. The highest BCUT2D eigenvalue weighted by Gasteiger charge is 2.45. The molecule has 0 spiro atoms. The van der Waals surface area contributed by atoms with E-state index in [2.05, 4.69) is 23.1 Å². The molecule has 0 radical (unpaired) electrons. The van der Waals surface area contributed by atoms with E-state index in [1.807, 2.05) is 39.8 Å². The lowest BCUT2D eigenvalue weighted by atomic mass is 9.99. The van der Waals surface area contributed by atoms with Gasteiger partial charge in [0.25, 0.3) is 6.09 Å². The Morgan fingerprint density at radius 2 is 1.83 bits per heavy atom. The molecule has 5 heteroatoms. The average molecular weight is 327 g/mol. The Labute approximate surface area is 143 Å². The SMILES string of the molecule is Cc1ccc2cccc(N3CC[N+](C(=O)[O-])(C(C)(C)C)CC3)c2n1. The molecule has 1 aliphatic heterocycles. The van der Waals surface area contributed by atoms with Gasteiger partial charge in [0.05, 0.1) is 29.8 Å². The van der Waals surface area contributed by atoms with Crippen LogP contribution in [0.5, 0.6) is 0 Å². The summed E-state index contributed by atoms with van der Waals surface area (Å²) in [6.45, 7) is 10.3. The number of aryl methyl sites for hydroxylation is 1. The first-order valence-corrected chi connectivity index (χ1v) is 8.45. The van der Waals surface area contributed by atoms with Gasteiger partial charge in [-0.25, -0.2) is 0 Å². The van der Waals surface area contributed by atoms with Gasteiger partial charge in [-0.1, -0.05) is 18.2 Å². The Morgan fingerprint density at radius 3 is 2.42 bits per heavy atom. The molecule has 1 aromatic carbocycles. The first-order valence-electron chi connectivity index (χ1n) is 8.45. The van der Waals surface area contributed by atoms with Crippen molar-refractivity contribution in [1.29, 1.82) is 0 Å². The number of piperazine rings is 1. The van der Waals surface area contributed by atoms with Crippen LogP contribution < -0.4 is 10.0 Å². The van der Waals surface area contributed by atoms with E-state index < -0.39 is 6.09 Å². The van der Waals surface area contributed by atoms with Gasteiger partial charge in [0, 0.05) is 11.1 Å². The van der Waals surface area contributed by atoms with E-state index in [1.54, 1.807) is 0 Å². The van der Waals surface area contributed by atoms with E-state index in [0.29, 0.717) is 26.2 Å². The molecular formula is C19H25N3O2. The van der Waals surface area contributed by atoms with Crippen LogP contribution in [-0.4, -0.2) is 47.3 Å². The summed E-state index contributed by atoms with van der Waals surface area (Å²) in [5, 5.41) is 13.0. The average Bonchev–Trinajstić information content (AvgIpc) is 2.53. The third-order valence-corrected chi connectivity index (χ3v) is 5.32. The fraction of sp³-hybridized carbons (Fsp3) is 0.474. The molecule has 0 N–H and O–H groups in total. The van der Waals surface area contributed by atoms with Crippen LogP contribution in [0.25, 0.3) is 10.9 Å². The lowest BCUT2D eigenvalue weighted by molar-refractivity contribution is -0.920. The van der Waals surface area contributed by atoms with Crippen molar-refractivity contribution in [2.75, 3.05) is 31.1 Å². The van der Waals surface area contributed by atoms with E-state index in [-0.39, 0.29) is 10.0 Å². The summed E-state index contributed by atoms with van der Waals surface area (Å²) in [4.78, 5) is 18.8. The van der Waals surface area contributed by atoms with Gasteiger partial charge in [0.1, 0.15) is 13.1 Å². The number of para-hydroxylation sites is 1. The number of nitrogens with zero attached hydrogens (tertiary/aromatic N) is 3. The Hall–Kier alpha value is -2.14. The molecule has 1 saturated heterocycles. The number of carbonyl (C=O) groups excluding carboxylic acids is 1. The molecule has 1 fully saturated rings. The largest absolute Gasteiger partial charge is 0.498 e. The number of anilines is 1. The second kappa shape index (κ2) is 5.74. The zero-order chi connectivity index (χ0) is 17.5. The molecule has 0 aliphatic carbocycles. The molecule has 1 aromatic heterocycles. The standard InChI is InChI=1S/C19H25N3O2/c1-14-8-9-15-6-5-7-16(17(15)20-14)21-10-12-22(13-11-21,18(23)24)19(2,3)4/h5-9H,10-13H2,1-4H3. The van der Waals surface area contributed by atoms with Crippen molar-refractivity contribution in [1.82, 2.24) is 4.98 Å². The summed E-state index contributed by atoms with van der Waals surface area (Å²) in [6, 6.07) is 10.3. The smallest absolute Gasteiger partial charge is 0.257 e. The summed E-state index contributed by atoms with van der Waals surface area (Å²) in [5.41, 5.74) is 2.68. The van der Waals surface area contributed by atoms with Gasteiger partial charge >= 0.3 is 0 Å². The number of fused-ring (bicyclic) bond motifs is 1. The Morgan fingerprint density at radius 1 is 1.17 bits per heavy atom. The van der Waals surface area contributed by atoms with Crippen molar-refractivity contribution in [3.63, 3.8) is 0 Å². The molecule has 128 valence electrons. The first-order chi connectivity index (χ1) is 11.2. The minimum Gasteiger partial charge on any atom is -0.498 e. The molecule has 0 atom stereocenters. The highest BCUT2D eigenvalue weighted by molar-refractivity contribution is 5.91. The van der Waals surface area contributed by atoms with Crippen molar-refractivity contribution in [3.05, 3.63) is 36.0 Å². The summed E-state index contributed by atoms with van der Waals surface area (Å²) >= 11 is 0. The summed E-state index contributed by atoms with van der Waals surface area (Å²) < 4.78 is 0.000717. The number of aromatic nitrogens is 1. The Bertz CT molecular complexity index is 772. The normalized spacial score (nSPS) is 17.9. The van der Waals surface area contributed by atoms with Crippen molar-refractivity contribution in [2.24, 2.45) is 0 Å². The number of pyridine rings is 1. The second-order valence-electron chi connectivity index (χ2n) is 7.64. The monoisotopic (exact) mass is 327 g/mol. The van der Waals surface area contributed by atoms with Gasteiger partial charge in [-0.2, -0.15) is 0 Å². The molecule has 0 unspecified atom stereocenters.